The molecule has 1 aromatic carbocycles. The maximum absolute atomic E-state index is 13.4. The van der Waals surface area contributed by atoms with Crippen LogP contribution in [0.5, 0.6) is 0 Å². The number of carbonyl (C=O) groups is 2. The molecule has 2 aromatic heterocycles. The molecule has 0 saturated carbocycles. The van der Waals surface area contributed by atoms with Crippen LogP contribution in [0.1, 0.15) is 39.4 Å². The lowest BCUT2D eigenvalue weighted by Crippen LogP contribution is -2.39. The van der Waals surface area contributed by atoms with E-state index in [1.807, 2.05) is 0 Å². The number of nitrogens with one attached hydrogen (secondary N) is 3. The number of aryl methyl sites for hydroxylation is 1. The number of anilines is 3. The van der Waals surface area contributed by atoms with Crippen LogP contribution in [0, 0.1) is 18.6 Å². The summed E-state index contributed by atoms with van der Waals surface area (Å²) in [5.41, 5.74) is 0.954. The third-order valence-electron chi connectivity index (χ3n) is 4.95. The first-order chi connectivity index (χ1) is 15.9. The van der Waals surface area contributed by atoms with E-state index in [0.717, 1.165) is 36.5 Å². The molecule has 0 atom stereocenters. The van der Waals surface area contributed by atoms with Gasteiger partial charge in [-0.05, 0) is 43.4 Å². The highest BCUT2D eigenvalue weighted by Gasteiger charge is 2.21. The maximum atomic E-state index is 13.4. The molecule has 3 aromatic rings. The second kappa shape index (κ2) is 9.96. The molecular weight excluding hydrogens is 454 g/mol. The van der Waals surface area contributed by atoms with Gasteiger partial charge >= 0.3 is 0 Å². The molecule has 0 spiro atoms. The number of ether oxygens (including phenoxy) is 1. The number of nitrogens with zero attached hydrogens (tertiary/aromatic N) is 3. The van der Waals surface area contributed by atoms with Gasteiger partial charge in [-0.15, -0.1) is 0 Å². The van der Waals surface area contributed by atoms with E-state index in [9.17, 15) is 18.4 Å². The first kappa shape index (κ1) is 22.7. The maximum Gasteiger partial charge on any atom is 0.271 e. The summed E-state index contributed by atoms with van der Waals surface area (Å²) in [5.74, 6) is -2.63. The van der Waals surface area contributed by atoms with Crippen molar-refractivity contribution in [2.75, 3.05) is 23.8 Å². The van der Waals surface area contributed by atoms with Crippen LogP contribution in [0.4, 0.5) is 25.3 Å². The average molecular weight is 474 g/mol. The van der Waals surface area contributed by atoms with E-state index in [-0.39, 0.29) is 28.9 Å². The predicted molar refractivity (Wildman–Crippen MR) is 118 cm³/mol. The quantitative estimate of drug-likeness (QED) is 0.501. The smallest absolute Gasteiger partial charge is 0.271 e. The minimum Gasteiger partial charge on any atom is -0.381 e. The van der Waals surface area contributed by atoms with Crippen molar-refractivity contribution in [2.45, 2.75) is 25.8 Å². The number of carbonyl (C=O) groups excluding carboxylic acids is 2. The average Bonchev–Trinajstić information content (AvgIpc) is 3.17. The number of aromatic nitrogens is 3. The van der Waals surface area contributed by atoms with Crippen LogP contribution < -0.4 is 16.0 Å². The summed E-state index contributed by atoms with van der Waals surface area (Å²) >= 11 is 1.03. The van der Waals surface area contributed by atoms with Crippen molar-refractivity contribution in [3.63, 3.8) is 0 Å². The molecule has 1 saturated heterocycles. The SMILES string of the molecule is Cc1nsc(Nc2cnc(C(=O)NC3CCOCC3)cn2)c1C(=O)Nc1ccc(F)c(F)c1. The highest BCUT2D eigenvalue weighted by Crippen LogP contribution is 2.28. The molecule has 0 aliphatic carbocycles. The zero-order valence-electron chi connectivity index (χ0n) is 17.5. The number of hydrogen-bond donors (Lipinski definition) is 3. The molecule has 2 amide bonds. The highest BCUT2D eigenvalue weighted by molar-refractivity contribution is 7.10. The van der Waals surface area contributed by atoms with E-state index in [1.165, 1.54) is 18.5 Å². The van der Waals surface area contributed by atoms with E-state index >= 15 is 0 Å². The number of hydrogen-bond acceptors (Lipinski definition) is 8. The molecular formula is C21H20F2N6O3S. The summed E-state index contributed by atoms with van der Waals surface area (Å²) in [6.07, 6.45) is 4.22. The van der Waals surface area contributed by atoms with Crippen molar-refractivity contribution in [3.05, 3.63) is 59.2 Å². The molecule has 1 fully saturated rings. The zero-order valence-corrected chi connectivity index (χ0v) is 18.3. The van der Waals surface area contributed by atoms with Crippen molar-refractivity contribution in [2.24, 2.45) is 0 Å². The van der Waals surface area contributed by atoms with Crippen LogP contribution in [-0.4, -0.2) is 45.4 Å². The number of rotatable bonds is 6. The van der Waals surface area contributed by atoms with Crippen molar-refractivity contribution < 1.29 is 23.1 Å². The largest absolute Gasteiger partial charge is 0.381 e. The standard InChI is InChI=1S/C21H20F2N6O3S/c1-11-18(20(31)27-13-2-3-14(22)15(23)8-13)21(33-29-11)28-17-10-24-16(9-25-17)19(30)26-12-4-6-32-7-5-12/h2-3,8-10,12H,4-7H2,1H3,(H,25,28)(H,26,30)(H,27,31). The Bertz CT molecular complexity index is 1170. The number of halogens is 2. The molecule has 0 unspecified atom stereocenters. The minimum atomic E-state index is -1.07. The molecule has 172 valence electrons. The van der Waals surface area contributed by atoms with Crippen LogP contribution in [0.15, 0.2) is 30.6 Å². The Hall–Kier alpha value is -3.51. The fourth-order valence-corrected chi connectivity index (χ4v) is 4.02. The molecule has 33 heavy (non-hydrogen) atoms. The van der Waals surface area contributed by atoms with Gasteiger partial charge in [-0.2, -0.15) is 4.37 Å². The lowest BCUT2D eigenvalue weighted by atomic mass is 10.1. The minimum absolute atomic E-state index is 0.0432. The summed E-state index contributed by atoms with van der Waals surface area (Å²) in [5, 5.41) is 8.79. The van der Waals surface area contributed by atoms with Gasteiger partial charge in [0.15, 0.2) is 11.6 Å². The fraction of sp³-hybridized carbons (Fsp3) is 0.286. The molecule has 4 rings (SSSR count). The monoisotopic (exact) mass is 474 g/mol. The molecule has 12 heteroatoms. The van der Waals surface area contributed by atoms with Crippen molar-refractivity contribution >= 4 is 39.9 Å². The van der Waals surface area contributed by atoms with Crippen molar-refractivity contribution in [1.82, 2.24) is 19.7 Å². The Morgan fingerprint density at radius 3 is 2.58 bits per heavy atom. The van der Waals surface area contributed by atoms with Crippen LogP contribution in [0.25, 0.3) is 0 Å². The van der Waals surface area contributed by atoms with Gasteiger partial charge in [0.25, 0.3) is 11.8 Å². The van der Waals surface area contributed by atoms with Gasteiger partial charge in [0.05, 0.1) is 23.7 Å². The molecule has 0 radical (unpaired) electrons. The van der Waals surface area contributed by atoms with Crippen molar-refractivity contribution in [3.8, 4) is 0 Å². The molecule has 1 aliphatic rings. The first-order valence-corrected chi connectivity index (χ1v) is 10.9. The van der Waals surface area contributed by atoms with Gasteiger partial charge in [-0.25, -0.2) is 18.7 Å². The van der Waals surface area contributed by atoms with Gasteiger partial charge in [0, 0.05) is 31.0 Å². The third kappa shape index (κ3) is 5.46. The number of benzene rings is 1. The highest BCUT2D eigenvalue weighted by atomic mass is 32.1. The zero-order chi connectivity index (χ0) is 23.4. The van der Waals surface area contributed by atoms with E-state index in [4.69, 9.17) is 4.74 Å². The van der Waals surface area contributed by atoms with Gasteiger partial charge in [-0.1, -0.05) is 0 Å². The molecule has 3 N–H and O–H groups in total. The van der Waals surface area contributed by atoms with E-state index < -0.39 is 17.5 Å². The Labute approximate surface area is 191 Å². The lowest BCUT2D eigenvalue weighted by molar-refractivity contribution is 0.0694. The normalized spacial score (nSPS) is 14.0. The van der Waals surface area contributed by atoms with Gasteiger partial charge < -0.3 is 20.7 Å². The fourth-order valence-electron chi connectivity index (χ4n) is 3.22. The summed E-state index contributed by atoms with van der Waals surface area (Å²) < 4.78 is 36.0. The Balaban J connectivity index is 1.43. The van der Waals surface area contributed by atoms with Crippen LogP contribution in [0.2, 0.25) is 0 Å². The summed E-state index contributed by atoms with van der Waals surface area (Å²) in [7, 11) is 0. The summed E-state index contributed by atoms with van der Waals surface area (Å²) in [6, 6.07) is 3.12. The third-order valence-corrected chi connectivity index (χ3v) is 5.80. The topological polar surface area (TPSA) is 118 Å². The number of amides is 2. The lowest BCUT2D eigenvalue weighted by Gasteiger charge is -2.22. The van der Waals surface area contributed by atoms with Crippen LogP contribution >= 0.6 is 11.5 Å². The second-order valence-electron chi connectivity index (χ2n) is 7.33. The first-order valence-electron chi connectivity index (χ1n) is 10.1. The Kier molecular flexibility index (Phi) is 6.84. The van der Waals surface area contributed by atoms with E-state index in [2.05, 4.69) is 30.3 Å². The Morgan fingerprint density at radius 2 is 1.88 bits per heavy atom. The van der Waals surface area contributed by atoms with E-state index in [1.54, 1.807) is 6.92 Å². The van der Waals surface area contributed by atoms with Crippen molar-refractivity contribution in [1.29, 1.82) is 0 Å². The van der Waals surface area contributed by atoms with E-state index in [0.29, 0.717) is 29.7 Å². The predicted octanol–water partition coefficient (Wildman–Crippen LogP) is 3.42. The van der Waals surface area contributed by atoms with Crippen LogP contribution in [-0.2, 0) is 4.74 Å². The molecule has 0 bridgehead atoms. The molecule has 3 heterocycles. The Morgan fingerprint density at radius 1 is 1.09 bits per heavy atom. The second-order valence-corrected chi connectivity index (χ2v) is 8.10. The van der Waals surface area contributed by atoms with Gasteiger partial charge in [0.1, 0.15) is 16.5 Å². The summed E-state index contributed by atoms with van der Waals surface area (Å²) in [6.45, 7) is 2.87. The molecule has 9 nitrogen and oxygen atoms in total. The van der Waals surface area contributed by atoms with Gasteiger partial charge in [0.2, 0.25) is 0 Å². The summed E-state index contributed by atoms with van der Waals surface area (Å²) in [4.78, 5) is 33.4. The molecule has 1 aliphatic heterocycles. The van der Waals surface area contributed by atoms with Gasteiger partial charge in [-0.3, -0.25) is 9.59 Å². The van der Waals surface area contributed by atoms with Crippen LogP contribution in [0.3, 0.4) is 0 Å².